The highest BCUT2D eigenvalue weighted by Gasteiger charge is 2.05. The molecule has 16 heavy (non-hydrogen) atoms. The van der Waals surface area contributed by atoms with Crippen LogP contribution in [0.2, 0.25) is 0 Å². The van der Waals surface area contributed by atoms with Crippen molar-refractivity contribution in [1.29, 1.82) is 0 Å². The predicted octanol–water partition coefficient (Wildman–Crippen LogP) is 3.53. The zero-order valence-electron chi connectivity index (χ0n) is 10.2. The summed E-state index contributed by atoms with van der Waals surface area (Å²) >= 11 is 0. The molecule has 0 aliphatic rings. The third-order valence-corrected chi connectivity index (χ3v) is 2.47. The monoisotopic (exact) mass is 225 g/mol. The van der Waals surface area contributed by atoms with Crippen LogP contribution in [0.5, 0.6) is 5.75 Å². The van der Waals surface area contributed by atoms with Gasteiger partial charge in [-0.3, -0.25) is 0 Å². The molecule has 1 rings (SSSR count). The summed E-state index contributed by atoms with van der Waals surface area (Å²) in [6.07, 6.45) is 2.12. The minimum Gasteiger partial charge on any atom is -0.491 e. The molecule has 0 radical (unpaired) electrons. The average molecular weight is 225 g/mol. The van der Waals surface area contributed by atoms with Crippen molar-refractivity contribution in [2.45, 2.75) is 33.6 Å². The van der Waals surface area contributed by atoms with Gasteiger partial charge in [0.05, 0.1) is 12.3 Å². The maximum Gasteiger partial charge on any atom is 0.142 e. The first-order valence-electron chi connectivity index (χ1n) is 5.69. The van der Waals surface area contributed by atoms with Crippen LogP contribution in [0.3, 0.4) is 0 Å². The van der Waals surface area contributed by atoms with Crippen molar-refractivity contribution in [2.24, 2.45) is 5.92 Å². The highest BCUT2D eigenvalue weighted by Crippen LogP contribution is 2.25. The molecule has 1 aromatic carbocycles. The Balaban J connectivity index is 2.51. The lowest BCUT2D eigenvalue weighted by Crippen LogP contribution is -2.03. The van der Waals surface area contributed by atoms with Crippen molar-refractivity contribution in [3.63, 3.8) is 0 Å². The maximum atomic E-state index is 13.1. The Labute approximate surface area is 96.6 Å². The molecule has 0 fully saturated rings. The molecule has 0 bridgehead atoms. The molecule has 0 aliphatic heterocycles. The van der Waals surface area contributed by atoms with Gasteiger partial charge in [0, 0.05) is 6.07 Å². The molecular formula is C13H20FNO. The van der Waals surface area contributed by atoms with Gasteiger partial charge >= 0.3 is 0 Å². The lowest BCUT2D eigenvalue weighted by molar-refractivity contribution is 0.298. The van der Waals surface area contributed by atoms with Gasteiger partial charge in [-0.15, -0.1) is 0 Å². The van der Waals surface area contributed by atoms with Gasteiger partial charge in [0.15, 0.2) is 0 Å². The van der Waals surface area contributed by atoms with Crippen molar-refractivity contribution in [1.82, 2.24) is 0 Å². The van der Waals surface area contributed by atoms with E-state index in [1.54, 1.807) is 13.0 Å². The Bertz CT molecular complexity index is 350. The number of ether oxygens (including phenoxy) is 1. The number of aryl methyl sites for hydroxylation is 1. The van der Waals surface area contributed by atoms with E-state index in [1.165, 1.54) is 6.07 Å². The number of nitrogens with two attached hydrogens (primary N) is 1. The molecule has 1 aromatic rings. The number of halogens is 1. The summed E-state index contributed by atoms with van der Waals surface area (Å²) in [5.41, 5.74) is 6.60. The van der Waals surface area contributed by atoms with Crippen molar-refractivity contribution in [3.05, 3.63) is 23.5 Å². The van der Waals surface area contributed by atoms with Gasteiger partial charge in [0.25, 0.3) is 0 Å². The van der Waals surface area contributed by atoms with Crippen molar-refractivity contribution < 1.29 is 9.13 Å². The van der Waals surface area contributed by atoms with Gasteiger partial charge in [-0.2, -0.15) is 0 Å². The third kappa shape index (κ3) is 3.72. The van der Waals surface area contributed by atoms with Crippen molar-refractivity contribution in [2.75, 3.05) is 12.3 Å². The zero-order valence-corrected chi connectivity index (χ0v) is 10.2. The summed E-state index contributed by atoms with van der Waals surface area (Å²) in [5.74, 6) is 0.977. The fourth-order valence-electron chi connectivity index (χ4n) is 1.47. The number of hydrogen-bond donors (Lipinski definition) is 1. The minimum absolute atomic E-state index is 0.285. The molecule has 0 aromatic heterocycles. The lowest BCUT2D eigenvalue weighted by atomic mass is 10.1. The summed E-state index contributed by atoms with van der Waals surface area (Å²) in [4.78, 5) is 0. The second-order valence-electron chi connectivity index (χ2n) is 4.52. The summed E-state index contributed by atoms with van der Waals surface area (Å²) in [5, 5.41) is 0. The molecule has 3 heteroatoms. The van der Waals surface area contributed by atoms with Crippen LogP contribution in [0.15, 0.2) is 12.1 Å². The van der Waals surface area contributed by atoms with Crippen LogP contribution >= 0.6 is 0 Å². The van der Waals surface area contributed by atoms with Crippen LogP contribution in [0.4, 0.5) is 10.1 Å². The van der Waals surface area contributed by atoms with E-state index in [1.807, 2.05) is 0 Å². The highest BCUT2D eigenvalue weighted by molar-refractivity contribution is 5.54. The van der Waals surface area contributed by atoms with Crippen LogP contribution in [0.25, 0.3) is 0 Å². The number of nitrogen functional groups attached to an aromatic ring is 1. The van der Waals surface area contributed by atoms with E-state index >= 15 is 0 Å². The Morgan fingerprint density at radius 2 is 2.06 bits per heavy atom. The SMILES string of the molecule is Cc1cc(OCCCC(C)C)c(N)cc1F. The lowest BCUT2D eigenvalue weighted by Gasteiger charge is -2.11. The van der Waals surface area contributed by atoms with Crippen LogP contribution in [-0.2, 0) is 0 Å². The molecule has 90 valence electrons. The first-order chi connectivity index (χ1) is 7.50. The van der Waals surface area contributed by atoms with E-state index in [0.717, 1.165) is 12.8 Å². The smallest absolute Gasteiger partial charge is 0.142 e. The molecule has 0 saturated carbocycles. The fraction of sp³-hybridized carbons (Fsp3) is 0.538. The van der Waals surface area contributed by atoms with E-state index in [4.69, 9.17) is 10.5 Å². The molecule has 0 unspecified atom stereocenters. The summed E-state index contributed by atoms with van der Waals surface area (Å²) in [7, 11) is 0. The molecule has 0 amide bonds. The molecule has 2 nitrogen and oxygen atoms in total. The van der Waals surface area contributed by atoms with Gasteiger partial charge in [-0.1, -0.05) is 13.8 Å². The van der Waals surface area contributed by atoms with Gasteiger partial charge in [-0.25, -0.2) is 4.39 Å². The first kappa shape index (κ1) is 12.8. The first-order valence-corrected chi connectivity index (χ1v) is 5.69. The number of benzene rings is 1. The van der Waals surface area contributed by atoms with Crippen molar-refractivity contribution in [3.8, 4) is 5.75 Å². The van der Waals surface area contributed by atoms with Gasteiger partial charge in [-0.05, 0) is 37.3 Å². The van der Waals surface area contributed by atoms with E-state index < -0.39 is 0 Å². The largest absolute Gasteiger partial charge is 0.491 e. The Morgan fingerprint density at radius 1 is 1.38 bits per heavy atom. The zero-order chi connectivity index (χ0) is 12.1. The van der Waals surface area contributed by atoms with Crippen molar-refractivity contribution >= 4 is 5.69 Å². The standard InChI is InChI=1S/C13H20FNO/c1-9(2)5-4-6-16-13-7-10(3)11(14)8-12(13)15/h7-9H,4-6,15H2,1-3H3. The average Bonchev–Trinajstić information content (AvgIpc) is 2.19. The molecule has 2 N–H and O–H groups in total. The molecule has 0 heterocycles. The normalized spacial score (nSPS) is 10.8. The van der Waals surface area contributed by atoms with Crippen LogP contribution in [0, 0.1) is 18.7 Å². The highest BCUT2D eigenvalue weighted by atomic mass is 19.1. The Morgan fingerprint density at radius 3 is 2.69 bits per heavy atom. The van der Waals surface area contributed by atoms with E-state index in [9.17, 15) is 4.39 Å². The second kappa shape index (κ2) is 5.73. The molecule has 0 spiro atoms. The summed E-state index contributed by atoms with van der Waals surface area (Å²) in [6, 6.07) is 2.97. The topological polar surface area (TPSA) is 35.2 Å². The Hall–Kier alpha value is -1.25. The van der Waals surface area contributed by atoms with Crippen LogP contribution in [-0.4, -0.2) is 6.61 Å². The fourth-order valence-corrected chi connectivity index (χ4v) is 1.47. The number of anilines is 1. The van der Waals surface area contributed by atoms with E-state index in [0.29, 0.717) is 29.5 Å². The molecule has 0 atom stereocenters. The molecule has 0 aliphatic carbocycles. The van der Waals surface area contributed by atoms with Gasteiger partial charge in [0.1, 0.15) is 11.6 Å². The number of hydrogen-bond acceptors (Lipinski definition) is 2. The second-order valence-corrected chi connectivity index (χ2v) is 4.52. The van der Waals surface area contributed by atoms with E-state index in [2.05, 4.69) is 13.8 Å². The summed E-state index contributed by atoms with van der Waals surface area (Å²) < 4.78 is 18.6. The Kier molecular flexibility index (Phi) is 4.59. The van der Waals surface area contributed by atoms with Crippen LogP contribution in [0.1, 0.15) is 32.3 Å². The molecule has 0 saturated heterocycles. The number of rotatable bonds is 5. The maximum absolute atomic E-state index is 13.1. The van der Waals surface area contributed by atoms with Gasteiger partial charge < -0.3 is 10.5 Å². The van der Waals surface area contributed by atoms with E-state index in [-0.39, 0.29) is 5.82 Å². The third-order valence-electron chi connectivity index (χ3n) is 2.47. The summed E-state index contributed by atoms with van der Waals surface area (Å²) in [6.45, 7) is 6.69. The minimum atomic E-state index is -0.285. The van der Waals surface area contributed by atoms with Gasteiger partial charge in [0.2, 0.25) is 0 Å². The van der Waals surface area contributed by atoms with Crippen LogP contribution < -0.4 is 10.5 Å². The molecular weight excluding hydrogens is 205 g/mol. The quantitative estimate of drug-likeness (QED) is 0.614. The predicted molar refractivity (Wildman–Crippen MR) is 65.1 cm³/mol.